The van der Waals surface area contributed by atoms with Gasteiger partial charge >= 0.3 is 12.4 Å². The molecule has 3 rings (SSSR count). The normalized spacial score (nSPS) is 18.8. The van der Waals surface area contributed by atoms with Crippen LogP contribution in [-0.2, 0) is 33.1 Å². The molecule has 0 aliphatic carbocycles. The Balaban J connectivity index is 1.74. The Morgan fingerprint density at radius 1 is 1.06 bits per heavy atom. The number of halogens is 7. The van der Waals surface area contributed by atoms with Gasteiger partial charge in [0, 0.05) is 24.8 Å². The molecule has 2 amide bonds. The summed E-state index contributed by atoms with van der Waals surface area (Å²) in [6, 6.07) is 4.72. The monoisotopic (exact) mass is 506 g/mol. The van der Waals surface area contributed by atoms with Gasteiger partial charge in [0.2, 0.25) is 11.8 Å². The highest BCUT2D eigenvalue weighted by molar-refractivity contribution is 5.92. The van der Waals surface area contributed by atoms with E-state index in [-0.39, 0.29) is 30.0 Å². The van der Waals surface area contributed by atoms with Gasteiger partial charge in [-0.3, -0.25) is 9.59 Å². The molecule has 5 nitrogen and oxygen atoms in total. The Kier molecular flexibility index (Phi) is 7.73. The van der Waals surface area contributed by atoms with Gasteiger partial charge in [-0.1, -0.05) is 12.1 Å². The molecule has 1 saturated heterocycles. The molecule has 1 aliphatic heterocycles. The lowest BCUT2D eigenvalue weighted by Gasteiger charge is -2.29. The van der Waals surface area contributed by atoms with Crippen molar-refractivity contribution in [3.8, 4) is 0 Å². The third-order valence-corrected chi connectivity index (χ3v) is 5.45. The van der Waals surface area contributed by atoms with Crippen molar-refractivity contribution in [1.82, 2.24) is 5.32 Å². The second-order valence-electron chi connectivity index (χ2n) is 7.99. The SMILES string of the molecule is CCOC1CC(c2ccc(CC(=O)Nc3cc(C(F)(F)F)cc(C(F)(F)F)c3)c(F)c2)CNC1=O. The number of amides is 2. The van der Waals surface area contributed by atoms with E-state index >= 15 is 0 Å². The number of alkyl halides is 6. The lowest BCUT2D eigenvalue weighted by Crippen LogP contribution is -2.45. The van der Waals surface area contributed by atoms with Crippen LogP contribution in [0.5, 0.6) is 0 Å². The zero-order valence-corrected chi connectivity index (χ0v) is 18.3. The van der Waals surface area contributed by atoms with Gasteiger partial charge in [-0.15, -0.1) is 0 Å². The van der Waals surface area contributed by atoms with Crippen LogP contribution >= 0.6 is 0 Å². The van der Waals surface area contributed by atoms with E-state index in [1.807, 2.05) is 5.32 Å². The van der Waals surface area contributed by atoms with E-state index in [1.54, 1.807) is 13.0 Å². The first kappa shape index (κ1) is 26.5. The molecule has 2 aromatic rings. The fourth-order valence-corrected chi connectivity index (χ4v) is 3.75. The molecular formula is C23H21F7N2O3. The number of carbonyl (C=O) groups is 2. The van der Waals surface area contributed by atoms with Crippen molar-refractivity contribution in [2.24, 2.45) is 0 Å². The smallest absolute Gasteiger partial charge is 0.369 e. The third kappa shape index (κ3) is 6.71. The van der Waals surface area contributed by atoms with Crippen LogP contribution in [0, 0.1) is 5.82 Å². The third-order valence-electron chi connectivity index (χ3n) is 5.45. The standard InChI is InChI=1S/C23H21F7N2O3/c1-2-35-19-6-14(11-31-21(19)34)12-3-4-13(18(24)5-12)7-20(33)32-17-9-15(22(25,26)27)8-16(10-17)23(28,29)30/h3-5,8-10,14,19H,2,6-7,11H2,1H3,(H,31,34)(H,32,33). The van der Waals surface area contributed by atoms with Gasteiger partial charge in [-0.2, -0.15) is 26.3 Å². The van der Waals surface area contributed by atoms with Crippen molar-refractivity contribution in [2.45, 2.75) is 44.1 Å². The number of piperidine rings is 1. The van der Waals surface area contributed by atoms with Gasteiger partial charge in [0.15, 0.2) is 0 Å². The molecule has 2 atom stereocenters. The second kappa shape index (κ2) is 10.2. The molecule has 2 N–H and O–H groups in total. The Hall–Kier alpha value is -3.15. The number of anilines is 1. The number of hydrogen-bond donors (Lipinski definition) is 2. The highest BCUT2D eigenvalue weighted by atomic mass is 19.4. The van der Waals surface area contributed by atoms with E-state index in [4.69, 9.17) is 4.74 Å². The molecule has 0 saturated carbocycles. The number of carbonyl (C=O) groups excluding carboxylic acids is 2. The Labute approximate surface area is 195 Å². The molecule has 1 aliphatic rings. The van der Waals surface area contributed by atoms with Gasteiger partial charge in [0.05, 0.1) is 17.5 Å². The molecule has 1 fully saturated rings. The minimum atomic E-state index is -5.07. The first-order valence-electron chi connectivity index (χ1n) is 10.5. The van der Waals surface area contributed by atoms with E-state index in [9.17, 15) is 40.3 Å². The summed E-state index contributed by atoms with van der Waals surface area (Å²) in [5, 5.41) is 4.65. The molecular weight excluding hydrogens is 485 g/mol. The molecule has 0 radical (unpaired) electrons. The summed E-state index contributed by atoms with van der Waals surface area (Å²) >= 11 is 0. The maximum atomic E-state index is 14.7. The first-order valence-corrected chi connectivity index (χ1v) is 10.5. The maximum absolute atomic E-state index is 14.7. The zero-order chi connectivity index (χ0) is 26.0. The molecule has 0 bridgehead atoms. The fourth-order valence-electron chi connectivity index (χ4n) is 3.75. The molecule has 2 unspecified atom stereocenters. The van der Waals surface area contributed by atoms with Crippen LogP contribution in [0.1, 0.15) is 41.5 Å². The van der Waals surface area contributed by atoms with Crippen molar-refractivity contribution in [3.05, 3.63) is 64.5 Å². The number of hydrogen-bond acceptors (Lipinski definition) is 3. The molecule has 12 heteroatoms. The van der Waals surface area contributed by atoms with Gasteiger partial charge < -0.3 is 15.4 Å². The van der Waals surface area contributed by atoms with Crippen LogP contribution in [0.4, 0.5) is 36.4 Å². The summed E-state index contributed by atoms with van der Waals surface area (Å²) in [4.78, 5) is 24.1. The fraction of sp³-hybridized carbons (Fsp3) is 0.391. The van der Waals surface area contributed by atoms with Crippen molar-refractivity contribution >= 4 is 17.5 Å². The number of ether oxygens (including phenoxy) is 1. The molecule has 1 heterocycles. The Morgan fingerprint density at radius 3 is 2.23 bits per heavy atom. The van der Waals surface area contributed by atoms with Gasteiger partial charge in [-0.25, -0.2) is 4.39 Å². The van der Waals surface area contributed by atoms with Crippen molar-refractivity contribution in [2.75, 3.05) is 18.5 Å². The molecule has 2 aromatic carbocycles. The highest BCUT2D eigenvalue weighted by Crippen LogP contribution is 2.37. The molecule has 35 heavy (non-hydrogen) atoms. The second-order valence-corrected chi connectivity index (χ2v) is 7.99. The van der Waals surface area contributed by atoms with E-state index in [0.717, 1.165) is 0 Å². The van der Waals surface area contributed by atoms with Crippen molar-refractivity contribution in [1.29, 1.82) is 0 Å². The topological polar surface area (TPSA) is 67.4 Å². The average Bonchev–Trinajstić information content (AvgIpc) is 2.75. The first-order chi connectivity index (χ1) is 16.3. The van der Waals surface area contributed by atoms with Crippen LogP contribution < -0.4 is 10.6 Å². The lowest BCUT2D eigenvalue weighted by molar-refractivity contribution is -0.143. The zero-order valence-electron chi connectivity index (χ0n) is 18.3. The van der Waals surface area contributed by atoms with Gasteiger partial charge in [0.1, 0.15) is 11.9 Å². The number of rotatable bonds is 6. The van der Waals surface area contributed by atoms with Crippen LogP contribution in [0.3, 0.4) is 0 Å². The molecule has 0 spiro atoms. The average molecular weight is 506 g/mol. The summed E-state index contributed by atoms with van der Waals surface area (Å²) in [5.74, 6) is -2.28. The van der Waals surface area contributed by atoms with Gasteiger partial charge in [-0.05, 0) is 48.7 Å². The molecule has 190 valence electrons. The van der Waals surface area contributed by atoms with E-state index in [2.05, 4.69) is 5.32 Å². The minimum absolute atomic E-state index is 0.0577. The predicted octanol–water partition coefficient (Wildman–Crippen LogP) is 5.05. The largest absolute Gasteiger partial charge is 0.416 e. The summed E-state index contributed by atoms with van der Waals surface area (Å²) in [6.07, 6.45) is -11.1. The summed E-state index contributed by atoms with van der Waals surface area (Å²) < 4.78 is 98.0. The van der Waals surface area contributed by atoms with Crippen LogP contribution in [0.2, 0.25) is 0 Å². The van der Waals surface area contributed by atoms with E-state index in [1.165, 1.54) is 12.1 Å². The van der Waals surface area contributed by atoms with Gasteiger partial charge in [0.25, 0.3) is 0 Å². The van der Waals surface area contributed by atoms with Crippen molar-refractivity contribution < 1.29 is 45.1 Å². The Morgan fingerprint density at radius 2 is 1.69 bits per heavy atom. The summed E-state index contributed by atoms with van der Waals surface area (Å²) in [6.45, 7) is 2.32. The highest BCUT2D eigenvalue weighted by Gasteiger charge is 2.37. The number of nitrogens with one attached hydrogen (secondary N) is 2. The minimum Gasteiger partial charge on any atom is -0.369 e. The summed E-state index contributed by atoms with van der Waals surface area (Å²) in [7, 11) is 0. The maximum Gasteiger partial charge on any atom is 0.416 e. The lowest BCUT2D eigenvalue weighted by atomic mass is 9.89. The molecule has 0 aromatic heterocycles. The van der Waals surface area contributed by atoms with Crippen LogP contribution in [-0.4, -0.2) is 31.1 Å². The quantitative estimate of drug-likeness (QED) is 0.539. The van der Waals surface area contributed by atoms with Crippen LogP contribution in [0.15, 0.2) is 36.4 Å². The van der Waals surface area contributed by atoms with E-state index < -0.39 is 53.4 Å². The number of benzene rings is 2. The Bertz CT molecular complexity index is 1070. The van der Waals surface area contributed by atoms with Crippen molar-refractivity contribution in [3.63, 3.8) is 0 Å². The predicted molar refractivity (Wildman–Crippen MR) is 111 cm³/mol. The van der Waals surface area contributed by atoms with E-state index in [0.29, 0.717) is 30.7 Å². The summed E-state index contributed by atoms with van der Waals surface area (Å²) in [5.41, 5.74) is -3.43. The van der Waals surface area contributed by atoms with Crippen LogP contribution in [0.25, 0.3) is 0 Å².